The van der Waals surface area contributed by atoms with Gasteiger partial charge in [0.25, 0.3) is 0 Å². The molecule has 7 heteroatoms. The topological polar surface area (TPSA) is 88.2 Å². The normalized spacial score (nSPS) is 21.7. The first kappa shape index (κ1) is 18.4. The van der Waals surface area contributed by atoms with Crippen molar-refractivity contribution in [1.29, 1.82) is 0 Å². The number of halogens is 1. The molecule has 0 radical (unpaired) electrons. The molecule has 3 heterocycles. The van der Waals surface area contributed by atoms with Gasteiger partial charge in [-0.1, -0.05) is 11.6 Å². The number of pyridine rings is 1. The van der Waals surface area contributed by atoms with E-state index < -0.39 is 0 Å². The van der Waals surface area contributed by atoms with Crippen LogP contribution in [0.5, 0.6) is 0 Å². The Labute approximate surface area is 164 Å². The van der Waals surface area contributed by atoms with Gasteiger partial charge < -0.3 is 15.7 Å². The summed E-state index contributed by atoms with van der Waals surface area (Å²) in [4.78, 5) is 15.5. The summed E-state index contributed by atoms with van der Waals surface area (Å²) in [5, 5.41) is 10.4. The molecule has 6 nitrogen and oxygen atoms in total. The van der Waals surface area contributed by atoms with Crippen LogP contribution in [0.1, 0.15) is 43.4 Å². The Hall–Kier alpha value is -1.92. The van der Waals surface area contributed by atoms with Crippen LogP contribution in [0.4, 0.5) is 11.6 Å². The number of hydrogen-bond donors (Lipinski definition) is 2. The Morgan fingerprint density at radius 3 is 2.63 bits per heavy atom. The van der Waals surface area contributed by atoms with Gasteiger partial charge in [0.2, 0.25) is 0 Å². The lowest BCUT2D eigenvalue weighted by atomic mass is 9.77. The number of rotatable bonds is 4. The molecule has 1 aliphatic carbocycles. The van der Waals surface area contributed by atoms with Crippen molar-refractivity contribution in [2.75, 3.05) is 23.7 Å². The monoisotopic (exact) mass is 387 g/mol. The van der Waals surface area contributed by atoms with Crippen LogP contribution in [-0.4, -0.2) is 39.3 Å². The molecular formula is C20H26ClN5O. The maximum absolute atomic E-state index is 9.87. The number of hydrogen-bond acceptors (Lipinski definition) is 6. The largest absolute Gasteiger partial charge is 0.393 e. The van der Waals surface area contributed by atoms with Gasteiger partial charge in [-0.15, -0.1) is 0 Å². The summed E-state index contributed by atoms with van der Waals surface area (Å²) in [6.45, 7) is 1.99. The van der Waals surface area contributed by atoms with Crippen molar-refractivity contribution in [3.05, 3.63) is 40.9 Å². The van der Waals surface area contributed by atoms with Crippen LogP contribution in [0.2, 0.25) is 5.02 Å². The molecule has 1 spiro atoms. The zero-order valence-corrected chi connectivity index (χ0v) is 16.2. The fourth-order valence-electron chi connectivity index (χ4n) is 4.44. The number of nitrogens with zero attached hydrogens (tertiary/aromatic N) is 4. The molecule has 3 N–H and O–H groups in total. The van der Waals surface area contributed by atoms with E-state index in [1.54, 1.807) is 6.20 Å². The van der Waals surface area contributed by atoms with Crippen LogP contribution in [0.15, 0.2) is 24.7 Å². The predicted octanol–water partition coefficient (Wildman–Crippen LogP) is 3.02. The summed E-state index contributed by atoms with van der Waals surface area (Å²) >= 11 is 6.20. The lowest BCUT2D eigenvalue weighted by Gasteiger charge is -2.39. The van der Waals surface area contributed by atoms with E-state index in [-0.39, 0.29) is 6.10 Å². The van der Waals surface area contributed by atoms with Crippen LogP contribution >= 0.6 is 11.6 Å². The first-order valence-electron chi connectivity index (χ1n) is 9.67. The van der Waals surface area contributed by atoms with Gasteiger partial charge in [0.15, 0.2) is 0 Å². The molecule has 1 aliphatic heterocycles. The maximum Gasteiger partial charge on any atom is 0.147 e. The van der Waals surface area contributed by atoms with Gasteiger partial charge in [0.05, 0.1) is 29.2 Å². The highest BCUT2D eigenvalue weighted by atomic mass is 35.5. The molecule has 2 aromatic rings. The van der Waals surface area contributed by atoms with E-state index in [1.165, 1.54) is 0 Å². The third-order valence-electron chi connectivity index (χ3n) is 6.16. The third-order valence-corrected chi connectivity index (χ3v) is 6.60. The highest BCUT2D eigenvalue weighted by Crippen LogP contribution is 2.46. The summed E-state index contributed by atoms with van der Waals surface area (Å²) in [6.07, 6.45) is 12.2. The van der Waals surface area contributed by atoms with Crippen molar-refractivity contribution in [1.82, 2.24) is 15.0 Å². The second-order valence-corrected chi connectivity index (χ2v) is 8.30. The first-order chi connectivity index (χ1) is 13.0. The van der Waals surface area contributed by atoms with Crippen LogP contribution in [0.25, 0.3) is 0 Å². The molecule has 144 valence electrons. The standard InChI is InChI=1S/C20H26ClN5O/c21-18-14(4-8-23-19(18)22)1-2-15-12-25-17(13-24-15)26-9-6-20(7-10-26)5-3-16(27)11-20/h4,8,12-13,16,27H,1-3,5-7,9-11H2,(H2,22,23)/t16-/m1/s1. The molecule has 0 bridgehead atoms. The number of nitrogen functional groups attached to an aromatic ring is 1. The summed E-state index contributed by atoms with van der Waals surface area (Å²) < 4.78 is 0. The third kappa shape index (κ3) is 4.01. The number of piperidine rings is 1. The minimum atomic E-state index is -0.0973. The van der Waals surface area contributed by atoms with Crippen molar-refractivity contribution < 1.29 is 5.11 Å². The Bertz CT molecular complexity index is 789. The molecule has 2 aromatic heterocycles. The molecule has 27 heavy (non-hydrogen) atoms. The Balaban J connectivity index is 1.33. The van der Waals surface area contributed by atoms with Crippen molar-refractivity contribution in [2.24, 2.45) is 5.41 Å². The van der Waals surface area contributed by atoms with Gasteiger partial charge in [-0.05, 0) is 62.0 Å². The van der Waals surface area contributed by atoms with Gasteiger partial charge in [0, 0.05) is 19.3 Å². The van der Waals surface area contributed by atoms with E-state index >= 15 is 0 Å². The summed E-state index contributed by atoms with van der Waals surface area (Å²) in [5.74, 6) is 1.31. The quantitative estimate of drug-likeness (QED) is 0.838. The van der Waals surface area contributed by atoms with Crippen molar-refractivity contribution in [3.8, 4) is 0 Å². The van der Waals surface area contributed by atoms with E-state index in [1.807, 2.05) is 18.5 Å². The number of nitrogens with two attached hydrogens (primary N) is 1. The number of anilines is 2. The first-order valence-corrected chi connectivity index (χ1v) is 10.1. The van der Waals surface area contributed by atoms with Crippen LogP contribution in [0.3, 0.4) is 0 Å². The fraction of sp³-hybridized carbons (Fsp3) is 0.550. The van der Waals surface area contributed by atoms with E-state index in [9.17, 15) is 5.11 Å². The van der Waals surface area contributed by atoms with Crippen LogP contribution < -0.4 is 10.6 Å². The van der Waals surface area contributed by atoms with E-state index in [4.69, 9.17) is 17.3 Å². The molecule has 2 aliphatic rings. The van der Waals surface area contributed by atoms with Crippen LogP contribution in [-0.2, 0) is 12.8 Å². The molecule has 0 amide bonds. The van der Waals surface area contributed by atoms with Gasteiger partial charge in [-0.3, -0.25) is 4.98 Å². The number of aryl methyl sites for hydroxylation is 2. The SMILES string of the molecule is Nc1nccc(CCc2cnc(N3CCC4(CC[C@@H](O)C4)CC3)cn2)c1Cl. The van der Waals surface area contributed by atoms with Gasteiger partial charge in [-0.2, -0.15) is 0 Å². The molecule has 0 unspecified atom stereocenters. The lowest BCUT2D eigenvalue weighted by molar-refractivity contribution is 0.144. The molecular weight excluding hydrogens is 362 g/mol. The average Bonchev–Trinajstić information content (AvgIpc) is 3.04. The highest BCUT2D eigenvalue weighted by Gasteiger charge is 2.40. The lowest BCUT2D eigenvalue weighted by Crippen LogP contribution is -2.39. The fourth-order valence-corrected chi connectivity index (χ4v) is 4.65. The van der Waals surface area contributed by atoms with E-state index in [2.05, 4.69) is 19.9 Å². The van der Waals surface area contributed by atoms with Gasteiger partial charge in [-0.25, -0.2) is 9.97 Å². The molecule has 1 saturated heterocycles. The predicted molar refractivity (Wildman–Crippen MR) is 107 cm³/mol. The van der Waals surface area contributed by atoms with Crippen molar-refractivity contribution in [2.45, 2.75) is 51.0 Å². The molecule has 2 fully saturated rings. The van der Waals surface area contributed by atoms with Crippen LogP contribution in [0, 0.1) is 5.41 Å². The zero-order valence-electron chi connectivity index (χ0n) is 15.4. The zero-order chi connectivity index (χ0) is 18.9. The minimum absolute atomic E-state index is 0.0973. The number of aliphatic hydroxyl groups excluding tert-OH is 1. The molecule has 1 atom stereocenters. The minimum Gasteiger partial charge on any atom is -0.393 e. The van der Waals surface area contributed by atoms with Crippen molar-refractivity contribution >= 4 is 23.2 Å². The highest BCUT2D eigenvalue weighted by molar-refractivity contribution is 6.33. The van der Waals surface area contributed by atoms with E-state index in [0.717, 1.165) is 75.1 Å². The molecule has 0 aromatic carbocycles. The number of aliphatic hydroxyl groups is 1. The van der Waals surface area contributed by atoms with Crippen molar-refractivity contribution in [3.63, 3.8) is 0 Å². The Morgan fingerprint density at radius 1 is 1.15 bits per heavy atom. The van der Waals surface area contributed by atoms with E-state index in [0.29, 0.717) is 16.3 Å². The summed E-state index contributed by atoms with van der Waals surface area (Å²) in [5.41, 5.74) is 8.03. The smallest absolute Gasteiger partial charge is 0.147 e. The molecule has 1 saturated carbocycles. The molecule has 4 rings (SSSR count). The van der Waals surface area contributed by atoms with Gasteiger partial charge in [0.1, 0.15) is 11.6 Å². The summed E-state index contributed by atoms with van der Waals surface area (Å²) in [6, 6.07) is 1.89. The summed E-state index contributed by atoms with van der Waals surface area (Å²) in [7, 11) is 0. The second-order valence-electron chi connectivity index (χ2n) is 7.92. The van der Waals surface area contributed by atoms with Gasteiger partial charge >= 0.3 is 0 Å². The Kier molecular flexibility index (Phi) is 5.19. The average molecular weight is 388 g/mol. The Morgan fingerprint density at radius 2 is 1.96 bits per heavy atom. The number of aromatic nitrogens is 3. The maximum atomic E-state index is 9.87. The second kappa shape index (κ2) is 7.60.